The van der Waals surface area contributed by atoms with Crippen molar-refractivity contribution in [1.82, 2.24) is 0 Å². The maximum absolute atomic E-state index is 13.0. The summed E-state index contributed by atoms with van der Waals surface area (Å²) >= 11 is 5.60. The van der Waals surface area contributed by atoms with Gasteiger partial charge in [0.05, 0.1) is 18.4 Å². The van der Waals surface area contributed by atoms with Crippen LogP contribution in [0, 0.1) is 6.92 Å². The lowest BCUT2D eigenvalue weighted by Gasteiger charge is -2.15. The number of amides is 1. The molecule has 0 aliphatic rings. The lowest BCUT2D eigenvalue weighted by molar-refractivity contribution is -0.137. The first-order valence-electron chi connectivity index (χ1n) is 7.14. The highest BCUT2D eigenvalue weighted by Crippen LogP contribution is 2.36. The highest BCUT2D eigenvalue weighted by Gasteiger charge is 2.34. The van der Waals surface area contributed by atoms with Crippen LogP contribution in [0.4, 0.5) is 18.9 Å². The molecule has 0 bridgehead atoms. The maximum Gasteiger partial charge on any atom is 0.418 e. The Balaban J connectivity index is 2.09. The minimum Gasteiger partial charge on any atom is -0.493 e. The Labute approximate surface area is 147 Å². The van der Waals surface area contributed by atoms with Crippen molar-refractivity contribution in [2.45, 2.75) is 13.1 Å². The molecule has 0 aromatic heterocycles. The van der Waals surface area contributed by atoms with E-state index in [-0.39, 0.29) is 10.7 Å². The first-order valence-corrected chi connectivity index (χ1v) is 7.52. The van der Waals surface area contributed by atoms with Gasteiger partial charge in [-0.2, -0.15) is 13.2 Å². The first-order chi connectivity index (χ1) is 11.7. The Hall–Kier alpha value is -2.41. The van der Waals surface area contributed by atoms with Crippen molar-refractivity contribution in [3.63, 3.8) is 0 Å². The van der Waals surface area contributed by atoms with Gasteiger partial charge in [-0.15, -0.1) is 0 Å². The third-order valence-electron chi connectivity index (χ3n) is 3.24. The van der Waals surface area contributed by atoms with E-state index in [9.17, 15) is 18.0 Å². The zero-order valence-electron chi connectivity index (χ0n) is 13.4. The molecule has 1 N–H and O–H groups in total. The van der Waals surface area contributed by atoms with Crippen molar-refractivity contribution in [3.05, 3.63) is 52.5 Å². The molecule has 25 heavy (non-hydrogen) atoms. The highest BCUT2D eigenvalue weighted by molar-refractivity contribution is 6.30. The summed E-state index contributed by atoms with van der Waals surface area (Å²) in [5.74, 6) is 0.00104. The van der Waals surface area contributed by atoms with Gasteiger partial charge < -0.3 is 14.8 Å². The summed E-state index contributed by atoms with van der Waals surface area (Å²) in [7, 11) is 1.45. The fourth-order valence-corrected chi connectivity index (χ4v) is 2.26. The minimum absolute atomic E-state index is 0.0778. The third kappa shape index (κ3) is 5.03. The molecular formula is C17H15ClF3NO3. The van der Waals surface area contributed by atoms with Gasteiger partial charge in [0.25, 0.3) is 5.91 Å². The molecule has 0 radical (unpaired) electrons. The van der Waals surface area contributed by atoms with Gasteiger partial charge in [0.1, 0.15) is 0 Å². The number of carbonyl (C=O) groups excluding carboxylic acids is 1. The van der Waals surface area contributed by atoms with Crippen LogP contribution >= 0.6 is 11.6 Å². The second kappa shape index (κ2) is 7.65. The quantitative estimate of drug-likeness (QED) is 0.826. The number of aryl methyl sites for hydroxylation is 1. The van der Waals surface area contributed by atoms with Gasteiger partial charge in [-0.05, 0) is 42.8 Å². The fraction of sp³-hybridized carbons (Fsp3) is 0.235. The van der Waals surface area contributed by atoms with E-state index in [0.29, 0.717) is 11.5 Å². The monoisotopic (exact) mass is 373 g/mol. The highest BCUT2D eigenvalue weighted by atomic mass is 35.5. The number of hydrogen-bond acceptors (Lipinski definition) is 3. The average Bonchev–Trinajstić information content (AvgIpc) is 2.54. The van der Waals surface area contributed by atoms with Crippen LogP contribution in [0.5, 0.6) is 11.5 Å². The van der Waals surface area contributed by atoms with E-state index in [2.05, 4.69) is 5.32 Å². The van der Waals surface area contributed by atoms with Crippen LogP contribution < -0.4 is 14.8 Å². The lowest BCUT2D eigenvalue weighted by atomic mass is 10.1. The van der Waals surface area contributed by atoms with Crippen molar-refractivity contribution in [2.24, 2.45) is 0 Å². The normalized spacial score (nSPS) is 11.1. The predicted octanol–water partition coefficient (Wildman–Crippen LogP) is 4.69. The van der Waals surface area contributed by atoms with Crippen molar-refractivity contribution < 1.29 is 27.4 Å². The minimum atomic E-state index is -4.64. The van der Waals surface area contributed by atoms with Crippen LogP contribution in [-0.2, 0) is 11.0 Å². The number of carbonyl (C=O) groups is 1. The molecule has 2 aromatic rings. The number of benzene rings is 2. The summed E-state index contributed by atoms with van der Waals surface area (Å²) < 4.78 is 49.5. The van der Waals surface area contributed by atoms with Crippen molar-refractivity contribution in [1.29, 1.82) is 0 Å². The van der Waals surface area contributed by atoms with Gasteiger partial charge in [0, 0.05) is 5.02 Å². The van der Waals surface area contributed by atoms with E-state index in [1.165, 1.54) is 13.2 Å². The Bertz CT molecular complexity index is 778. The second-order valence-corrected chi connectivity index (χ2v) is 5.62. The largest absolute Gasteiger partial charge is 0.493 e. The summed E-state index contributed by atoms with van der Waals surface area (Å²) in [6.07, 6.45) is -4.64. The van der Waals surface area contributed by atoms with Crippen molar-refractivity contribution in [3.8, 4) is 11.5 Å². The molecule has 134 valence electrons. The molecule has 0 spiro atoms. The summed E-state index contributed by atoms with van der Waals surface area (Å²) in [5.41, 5.74) is -0.479. The van der Waals surface area contributed by atoms with Crippen LogP contribution in [0.25, 0.3) is 0 Å². The summed E-state index contributed by atoms with van der Waals surface area (Å²) in [6, 6.07) is 8.20. The standard InChI is InChI=1S/C17H15ClF3NO3/c1-10-3-6-14(15(7-10)24-2)25-9-16(23)22-13-5-4-11(18)8-12(13)17(19,20)21/h3-8H,9H2,1-2H3,(H,22,23). The van der Waals surface area contributed by atoms with Crippen LogP contribution in [0.3, 0.4) is 0 Å². The Morgan fingerprint density at radius 1 is 1.16 bits per heavy atom. The number of anilines is 1. The molecule has 2 rings (SSSR count). The van der Waals surface area contributed by atoms with Crippen LogP contribution in [0.15, 0.2) is 36.4 Å². The number of alkyl halides is 3. The number of ether oxygens (including phenoxy) is 2. The fourth-order valence-electron chi connectivity index (χ4n) is 2.08. The molecule has 0 aliphatic carbocycles. The average molecular weight is 374 g/mol. The molecule has 0 aliphatic heterocycles. The molecule has 0 atom stereocenters. The van der Waals surface area contributed by atoms with E-state index >= 15 is 0 Å². The molecular weight excluding hydrogens is 359 g/mol. The van der Waals surface area contributed by atoms with Crippen molar-refractivity contribution >= 4 is 23.2 Å². The van der Waals surface area contributed by atoms with Crippen LogP contribution in [-0.4, -0.2) is 19.6 Å². The SMILES string of the molecule is COc1cc(C)ccc1OCC(=O)Nc1ccc(Cl)cc1C(F)(F)F. The number of halogens is 4. The smallest absolute Gasteiger partial charge is 0.418 e. The number of hydrogen-bond donors (Lipinski definition) is 1. The van der Waals surface area contributed by atoms with Gasteiger partial charge in [0.2, 0.25) is 0 Å². The topological polar surface area (TPSA) is 47.6 Å². The van der Waals surface area contributed by atoms with Gasteiger partial charge >= 0.3 is 6.18 Å². The first kappa shape index (κ1) is 18.9. The summed E-state index contributed by atoms with van der Waals surface area (Å²) in [4.78, 5) is 11.9. The molecule has 1 amide bonds. The summed E-state index contributed by atoms with van der Waals surface area (Å²) in [5, 5.41) is 2.10. The third-order valence-corrected chi connectivity index (χ3v) is 3.47. The molecule has 0 saturated carbocycles. The zero-order chi connectivity index (χ0) is 18.6. The predicted molar refractivity (Wildman–Crippen MR) is 88.3 cm³/mol. The van der Waals surface area contributed by atoms with E-state index < -0.39 is 24.3 Å². The molecule has 4 nitrogen and oxygen atoms in total. The van der Waals surface area contributed by atoms with E-state index in [0.717, 1.165) is 17.7 Å². The van der Waals surface area contributed by atoms with Crippen molar-refractivity contribution in [2.75, 3.05) is 19.0 Å². The van der Waals surface area contributed by atoms with Crippen LogP contribution in [0.2, 0.25) is 5.02 Å². The van der Waals surface area contributed by atoms with Crippen LogP contribution in [0.1, 0.15) is 11.1 Å². The Morgan fingerprint density at radius 3 is 2.52 bits per heavy atom. The number of rotatable bonds is 5. The molecule has 0 fully saturated rings. The summed E-state index contributed by atoms with van der Waals surface area (Å²) in [6.45, 7) is 1.39. The zero-order valence-corrected chi connectivity index (χ0v) is 14.2. The second-order valence-electron chi connectivity index (χ2n) is 5.18. The van der Waals surface area contributed by atoms with E-state index in [4.69, 9.17) is 21.1 Å². The van der Waals surface area contributed by atoms with Gasteiger partial charge in [0.15, 0.2) is 18.1 Å². The lowest BCUT2D eigenvalue weighted by Crippen LogP contribution is -2.22. The van der Waals surface area contributed by atoms with Gasteiger partial charge in [-0.3, -0.25) is 4.79 Å². The number of methoxy groups -OCH3 is 1. The molecule has 0 unspecified atom stereocenters. The molecule has 8 heteroatoms. The van der Waals surface area contributed by atoms with E-state index in [1.54, 1.807) is 18.2 Å². The maximum atomic E-state index is 13.0. The molecule has 0 saturated heterocycles. The number of nitrogens with one attached hydrogen (secondary N) is 1. The van der Waals surface area contributed by atoms with Gasteiger partial charge in [-0.25, -0.2) is 0 Å². The van der Waals surface area contributed by atoms with E-state index in [1.807, 2.05) is 6.92 Å². The van der Waals surface area contributed by atoms with Gasteiger partial charge in [-0.1, -0.05) is 17.7 Å². The Morgan fingerprint density at radius 2 is 1.88 bits per heavy atom. The molecule has 2 aromatic carbocycles. The Kier molecular flexibility index (Phi) is 5.79. The molecule has 0 heterocycles.